The summed E-state index contributed by atoms with van der Waals surface area (Å²) in [4.78, 5) is 37.5. The van der Waals surface area contributed by atoms with Gasteiger partial charge in [0.1, 0.15) is 18.2 Å². The fourth-order valence-corrected chi connectivity index (χ4v) is 2.73. The van der Waals surface area contributed by atoms with Gasteiger partial charge in [0.05, 0.1) is 10.9 Å². The minimum atomic E-state index is -0.338. The third-order valence-electron chi connectivity index (χ3n) is 3.88. The minimum absolute atomic E-state index is 0.126. The average molecular weight is 349 g/mol. The van der Waals surface area contributed by atoms with Crippen LogP contribution in [0.25, 0.3) is 16.7 Å². The van der Waals surface area contributed by atoms with Crippen molar-refractivity contribution in [2.24, 2.45) is 0 Å². The zero-order valence-electron chi connectivity index (χ0n) is 14.2. The lowest BCUT2D eigenvalue weighted by Crippen LogP contribution is -2.28. The van der Waals surface area contributed by atoms with Crippen molar-refractivity contribution >= 4 is 28.4 Å². The molecule has 4 rings (SSSR count). The minimum Gasteiger partial charge on any atom is -0.309 e. The van der Waals surface area contributed by atoms with Gasteiger partial charge in [0.15, 0.2) is 0 Å². The molecule has 0 atom stereocenters. The summed E-state index contributed by atoms with van der Waals surface area (Å²) in [5.74, 6) is 1.11. The van der Waals surface area contributed by atoms with E-state index in [1.54, 1.807) is 31.3 Å². The van der Waals surface area contributed by atoms with E-state index < -0.39 is 0 Å². The van der Waals surface area contributed by atoms with Crippen molar-refractivity contribution < 1.29 is 4.79 Å². The van der Waals surface area contributed by atoms with E-state index in [1.807, 2.05) is 13.0 Å². The highest BCUT2D eigenvalue weighted by Gasteiger charge is 2.12. The lowest BCUT2D eigenvalue weighted by molar-refractivity contribution is -0.116. The van der Waals surface area contributed by atoms with Crippen LogP contribution in [0.15, 0.2) is 41.5 Å². The highest BCUT2D eigenvalue weighted by molar-refractivity contribution is 5.89. The van der Waals surface area contributed by atoms with Crippen molar-refractivity contribution in [1.82, 2.24) is 29.1 Å². The normalized spacial score (nSPS) is 11.2. The lowest BCUT2D eigenvalue weighted by Gasteiger charge is -2.08. The fourth-order valence-electron chi connectivity index (χ4n) is 2.73. The van der Waals surface area contributed by atoms with E-state index in [1.165, 1.54) is 15.3 Å². The fraction of sp³-hybridized carbons (Fsp3) is 0.176. The van der Waals surface area contributed by atoms with Crippen molar-refractivity contribution in [3.05, 3.63) is 58.5 Å². The lowest BCUT2D eigenvalue weighted by atomic mass is 10.3. The zero-order valence-corrected chi connectivity index (χ0v) is 14.2. The summed E-state index contributed by atoms with van der Waals surface area (Å²) < 4.78 is 2.85. The number of hydrogen-bond donors (Lipinski definition) is 1. The molecule has 0 bridgehead atoms. The first kappa shape index (κ1) is 15.9. The van der Waals surface area contributed by atoms with Gasteiger partial charge in [0.25, 0.3) is 11.3 Å². The van der Waals surface area contributed by atoms with E-state index in [0.717, 1.165) is 5.69 Å². The van der Waals surface area contributed by atoms with Crippen LogP contribution in [-0.2, 0) is 11.3 Å². The molecule has 4 heterocycles. The molecule has 0 spiro atoms. The number of carbonyl (C=O) groups excluding carboxylic acids is 1. The number of nitrogens with one attached hydrogen (secondary N) is 1. The molecule has 130 valence electrons. The van der Waals surface area contributed by atoms with E-state index >= 15 is 0 Å². The first-order chi connectivity index (χ1) is 12.5. The summed E-state index contributed by atoms with van der Waals surface area (Å²) in [6.07, 6.45) is 3.02. The summed E-state index contributed by atoms with van der Waals surface area (Å²) in [5, 5.41) is 7.30. The monoisotopic (exact) mass is 349 g/mol. The maximum absolute atomic E-state index is 12.7. The third-order valence-corrected chi connectivity index (χ3v) is 3.88. The van der Waals surface area contributed by atoms with Gasteiger partial charge in [0, 0.05) is 18.1 Å². The third kappa shape index (κ3) is 2.79. The molecule has 9 nitrogen and oxygen atoms in total. The van der Waals surface area contributed by atoms with Gasteiger partial charge in [0.2, 0.25) is 5.91 Å². The Morgan fingerprint density at radius 2 is 2.04 bits per heavy atom. The molecule has 4 aromatic rings. The molecule has 9 heteroatoms. The molecule has 4 aromatic heterocycles. The van der Waals surface area contributed by atoms with Gasteiger partial charge in [-0.15, -0.1) is 5.10 Å². The number of rotatable bonds is 3. The standard InChI is InChI=1S/C17H15N7O2/c1-10-4-3-5-14(19-10)21-15(25)9-23-7-6-13-12(16(23)26)8-18-17-20-11(2)22-24(13)17/h3-8H,9H2,1-2H3,(H,19,21,25). The first-order valence-corrected chi connectivity index (χ1v) is 7.96. The molecule has 0 radical (unpaired) electrons. The molecule has 0 unspecified atom stereocenters. The summed E-state index contributed by atoms with van der Waals surface area (Å²) in [5.41, 5.74) is 1.07. The number of aromatic nitrogens is 6. The van der Waals surface area contributed by atoms with Gasteiger partial charge >= 0.3 is 0 Å². The molecular formula is C17H15N7O2. The molecule has 1 N–H and O–H groups in total. The maximum atomic E-state index is 12.7. The molecule has 0 saturated carbocycles. The maximum Gasteiger partial charge on any atom is 0.262 e. The SMILES string of the molecule is Cc1cccc(NC(=O)Cn2ccc3c(cnc4nc(C)nn43)c2=O)n1. The Balaban J connectivity index is 1.66. The Labute approximate surface area is 147 Å². The van der Waals surface area contributed by atoms with Crippen LogP contribution in [0.5, 0.6) is 0 Å². The molecule has 1 amide bonds. The molecule has 0 aromatic carbocycles. The number of amides is 1. The largest absolute Gasteiger partial charge is 0.309 e. The van der Waals surface area contributed by atoms with E-state index in [9.17, 15) is 9.59 Å². The average Bonchev–Trinajstić information content (AvgIpc) is 2.98. The molecule has 0 aliphatic rings. The predicted molar refractivity (Wildman–Crippen MR) is 94.9 cm³/mol. The van der Waals surface area contributed by atoms with Crippen molar-refractivity contribution in [2.75, 3.05) is 5.32 Å². The van der Waals surface area contributed by atoms with Crippen LogP contribution in [0.4, 0.5) is 5.82 Å². The second-order valence-electron chi connectivity index (χ2n) is 5.89. The van der Waals surface area contributed by atoms with Gasteiger partial charge < -0.3 is 9.88 Å². The molecule has 0 fully saturated rings. The number of pyridine rings is 2. The van der Waals surface area contributed by atoms with Crippen LogP contribution in [0.3, 0.4) is 0 Å². The Bertz CT molecular complexity index is 1210. The second kappa shape index (κ2) is 6.03. The van der Waals surface area contributed by atoms with Gasteiger partial charge in [-0.1, -0.05) is 6.07 Å². The van der Waals surface area contributed by atoms with E-state index in [0.29, 0.717) is 28.3 Å². The van der Waals surface area contributed by atoms with Crippen molar-refractivity contribution in [1.29, 1.82) is 0 Å². The van der Waals surface area contributed by atoms with Crippen LogP contribution in [0.1, 0.15) is 11.5 Å². The molecule has 0 saturated heterocycles. The molecular weight excluding hydrogens is 334 g/mol. The van der Waals surface area contributed by atoms with Crippen molar-refractivity contribution in [3.8, 4) is 0 Å². The summed E-state index contributed by atoms with van der Waals surface area (Å²) in [7, 11) is 0. The number of aryl methyl sites for hydroxylation is 2. The first-order valence-electron chi connectivity index (χ1n) is 7.96. The summed E-state index contributed by atoms with van der Waals surface area (Å²) in [6.45, 7) is 3.47. The quantitative estimate of drug-likeness (QED) is 0.593. The molecule has 0 aliphatic carbocycles. The Morgan fingerprint density at radius 1 is 1.19 bits per heavy atom. The Kier molecular flexibility index (Phi) is 3.68. The van der Waals surface area contributed by atoms with Gasteiger partial charge in [-0.05, 0) is 32.0 Å². The highest BCUT2D eigenvalue weighted by atomic mass is 16.2. The molecule has 26 heavy (non-hydrogen) atoms. The number of carbonyl (C=O) groups is 1. The van der Waals surface area contributed by atoms with Crippen LogP contribution in [-0.4, -0.2) is 35.0 Å². The number of anilines is 1. The second-order valence-corrected chi connectivity index (χ2v) is 5.89. The van der Waals surface area contributed by atoms with Gasteiger partial charge in [-0.3, -0.25) is 9.59 Å². The van der Waals surface area contributed by atoms with E-state index in [-0.39, 0.29) is 18.0 Å². The number of hydrogen-bond acceptors (Lipinski definition) is 6. The Morgan fingerprint density at radius 3 is 2.85 bits per heavy atom. The van der Waals surface area contributed by atoms with Crippen molar-refractivity contribution in [2.45, 2.75) is 20.4 Å². The van der Waals surface area contributed by atoms with Crippen LogP contribution < -0.4 is 10.9 Å². The van der Waals surface area contributed by atoms with E-state index in [2.05, 4.69) is 25.4 Å². The Hall–Kier alpha value is -3.62. The van der Waals surface area contributed by atoms with E-state index in [4.69, 9.17) is 0 Å². The molecule has 0 aliphatic heterocycles. The van der Waals surface area contributed by atoms with Crippen LogP contribution in [0.2, 0.25) is 0 Å². The van der Waals surface area contributed by atoms with Crippen molar-refractivity contribution in [3.63, 3.8) is 0 Å². The topological polar surface area (TPSA) is 107 Å². The van der Waals surface area contributed by atoms with Crippen LogP contribution in [0, 0.1) is 13.8 Å². The van der Waals surface area contributed by atoms with Gasteiger partial charge in [-0.2, -0.15) is 9.50 Å². The van der Waals surface area contributed by atoms with Crippen LogP contribution >= 0.6 is 0 Å². The highest BCUT2D eigenvalue weighted by Crippen LogP contribution is 2.10. The summed E-state index contributed by atoms with van der Waals surface area (Å²) >= 11 is 0. The number of nitrogens with zero attached hydrogens (tertiary/aromatic N) is 6. The summed E-state index contributed by atoms with van der Waals surface area (Å²) in [6, 6.07) is 7.06. The van der Waals surface area contributed by atoms with Gasteiger partial charge in [-0.25, -0.2) is 9.97 Å². The zero-order chi connectivity index (χ0) is 18.3. The smallest absolute Gasteiger partial charge is 0.262 e. The number of fused-ring (bicyclic) bond motifs is 3. The predicted octanol–water partition coefficient (Wildman–Crippen LogP) is 1.09.